The van der Waals surface area contributed by atoms with Gasteiger partial charge in [-0.3, -0.25) is 4.90 Å². The highest BCUT2D eigenvalue weighted by atomic mass is 16.3. The number of hydrogen-bond donors (Lipinski definition) is 2. The van der Waals surface area contributed by atoms with E-state index in [-0.39, 0.29) is 0 Å². The van der Waals surface area contributed by atoms with E-state index in [9.17, 15) is 5.11 Å². The number of piperidine rings is 1. The van der Waals surface area contributed by atoms with Crippen LogP contribution in [0.2, 0.25) is 0 Å². The molecule has 1 saturated heterocycles. The molecule has 1 aromatic carbocycles. The van der Waals surface area contributed by atoms with Gasteiger partial charge in [-0.25, -0.2) is 0 Å². The SMILES string of the molecule is CNCCC1CCCCN1Cc1ccc(O)cc1. The number of hydrogen-bond acceptors (Lipinski definition) is 3. The van der Waals surface area contributed by atoms with E-state index in [1.807, 2.05) is 19.2 Å². The summed E-state index contributed by atoms with van der Waals surface area (Å²) < 4.78 is 0. The second-order valence-corrected chi connectivity index (χ2v) is 5.18. The number of nitrogens with one attached hydrogen (secondary N) is 1. The zero-order valence-corrected chi connectivity index (χ0v) is 11.2. The highest BCUT2D eigenvalue weighted by molar-refractivity contribution is 5.25. The number of phenolic OH excluding ortho intramolecular Hbond substituents is 1. The Hall–Kier alpha value is -1.06. The van der Waals surface area contributed by atoms with E-state index in [1.54, 1.807) is 12.1 Å². The average molecular weight is 248 g/mol. The van der Waals surface area contributed by atoms with E-state index in [0.29, 0.717) is 11.8 Å². The van der Waals surface area contributed by atoms with Crippen LogP contribution in [0.3, 0.4) is 0 Å². The smallest absolute Gasteiger partial charge is 0.115 e. The highest BCUT2D eigenvalue weighted by Crippen LogP contribution is 2.22. The molecule has 0 amide bonds. The highest BCUT2D eigenvalue weighted by Gasteiger charge is 2.21. The van der Waals surface area contributed by atoms with Crippen molar-refractivity contribution < 1.29 is 5.11 Å². The Morgan fingerprint density at radius 2 is 2.06 bits per heavy atom. The maximum absolute atomic E-state index is 9.31. The predicted octanol–water partition coefficient (Wildman–Crippen LogP) is 2.36. The maximum Gasteiger partial charge on any atom is 0.115 e. The third-order valence-corrected chi connectivity index (χ3v) is 3.80. The molecule has 1 aliphatic heterocycles. The van der Waals surface area contributed by atoms with Gasteiger partial charge in [-0.2, -0.15) is 0 Å². The van der Waals surface area contributed by atoms with E-state index in [1.165, 1.54) is 37.8 Å². The second kappa shape index (κ2) is 6.76. The fourth-order valence-electron chi connectivity index (χ4n) is 2.74. The zero-order chi connectivity index (χ0) is 12.8. The number of phenols is 1. The molecule has 1 heterocycles. The third-order valence-electron chi connectivity index (χ3n) is 3.80. The Morgan fingerprint density at radius 3 is 2.78 bits per heavy atom. The Bertz CT molecular complexity index is 350. The summed E-state index contributed by atoms with van der Waals surface area (Å²) in [4.78, 5) is 2.59. The van der Waals surface area contributed by atoms with Gasteiger partial charge in [0.25, 0.3) is 0 Å². The molecule has 0 radical (unpaired) electrons. The first kappa shape index (κ1) is 13.4. The van der Waals surface area contributed by atoms with Gasteiger partial charge in [0.2, 0.25) is 0 Å². The van der Waals surface area contributed by atoms with Crippen molar-refractivity contribution in [1.29, 1.82) is 0 Å². The minimum absolute atomic E-state index is 0.351. The van der Waals surface area contributed by atoms with E-state index >= 15 is 0 Å². The summed E-state index contributed by atoms with van der Waals surface area (Å²) in [5.41, 5.74) is 1.30. The quantitative estimate of drug-likeness (QED) is 0.839. The molecule has 0 saturated carbocycles. The summed E-state index contributed by atoms with van der Waals surface area (Å²) in [6.45, 7) is 3.31. The molecule has 1 atom stereocenters. The van der Waals surface area contributed by atoms with Gasteiger partial charge in [-0.05, 0) is 57.1 Å². The molecular formula is C15H24N2O. The van der Waals surface area contributed by atoms with Crippen molar-refractivity contribution in [1.82, 2.24) is 10.2 Å². The number of likely N-dealkylation sites (tertiary alicyclic amines) is 1. The van der Waals surface area contributed by atoms with Crippen molar-refractivity contribution in [3.8, 4) is 5.75 Å². The monoisotopic (exact) mass is 248 g/mol. The lowest BCUT2D eigenvalue weighted by molar-refractivity contribution is 0.132. The van der Waals surface area contributed by atoms with Crippen molar-refractivity contribution in [2.45, 2.75) is 38.3 Å². The van der Waals surface area contributed by atoms with E-state index in [2.05, 4.69) is 10.2 Å². The van der Waals surface area contributed by atoms with Crippen LogP contribution in [0.5, 0.6) is 5.75 Å². The topological polar surface area (TPSA) is 35.5 Å². The van der Waals surface area contributed by atoms with Crippen molar-refractivity contribution in [3.63, 3.8) is 0 Å². The fourth-order valence-corrected chi connectivity index (χ4v) is 2.74. The number of benzene rings is 1. The summed E-state index contributed by atoms with van der Waals surface area (Å²) in [5.74, 6) is 0.351. The van der Waals surface area contributed by atoms with Crippen LogP contribution in [0.1, 0.15) is 31.2 Å². The summed E-state index contributed by atoms with van der Waals surface area (Å²) in [6, 6.07) is 8.32. The van der Waals surface area contributed by atoms with Crippen LogP contribution < -0.4 is 5.32 Å². The zero-order valence-electron chi connectivity index (χ0n) is 11.2. The Kier molecular flexibility index (Phi) is 5.02. The Labute approximate surface area is 110 Å². The van der Waals surface area contributed by atoms with Gasteiger partial charge in [0.05, 0.1) is 0 Å². The first-order valence-electron chi connectivity index (χ1n) is 6.96. The lowest BCUT2D eigenvalue weighted by atomic mass is 9.98. The molecule has 0 spiro atoms. The summed E-state index contributed by atoms with van der Waals surface area (Å²) in [6.07, 6.45) is 5.23. The van der Waals surface area contributed by atoms with Crippen LogP contribution in [0.4, 0.5) is 0 Å². The Balaban J connectivity index is 1.94. The predicted molar refractivity (Wildman–Crippen MR) is 74.7 cm³/mol. The average Bonchev–Trinajstić information content (AvgIpc) is 2.40. The Morgan fingerprint density at radius 1 is 1.28 bits per heavy atom. The van der Waals surface area contributed by atoms with Crippen LogP contribution in [-0.2, 0) is 6.54 Å². The van der Waals surface area contributed by atoms with Gasteiger partial charge in [0, 0.05) is 12.6 Å². The van der Waals surface area contributed by atoms with Gasteiger partial charge >= 0.3 is 0 Å². The van der Waals surface area contributed by atoms with Crippen LogP contribution >= 0.6 is 0 Å². The molecule has 100 valence electrons. The molecule has 1 aliphatic rings. The van der Waals surface area contributed by atoms with Gasteiger partial charge < -0.3 is 10.4 Å². The van der Waals surface area contributed by atoms with Crippen LogP contribution in [0, 0.1) is 0 Å². The van der Waals surface area contributed by atoms with Crippen molar-refractivity contribution in [2.24, 2.45) is 0 Å². The fraction of sp³-hybridized carbons (Fsp3) is 0.600. The van der Waals surface area contributed by atoms with Crippen LogP contribution in [0.25, 0.3) is 0 Å². The van der Waals surface area contributed by atoms with Crippen molar-refractivity contribution in [3.05, 3.63) is 29.8 Å². The van der Waals surface area contributed by atoms with E-state index in [0.717, 1.165) is 13.1 Å². The second-order valence-electron chi connectivity index (χ2n) is 5.18. The van der Waals surface area contributed by atoms with Crippen LogP contribution in [0.15, 0.2) is 24.3 Å². The lowest BCUT2D eigenvalue weighted by Crippen LogP contribution is -2.40. The molecule has 1 unspecified atom stereocenters. The first-order chi connectivity index (χ1) is 8.79. The van der Waals surface area contributed by atoms with Gasteiger partial charge in [-0.15, -0.1) is 0 Å². The molecule has 3 heteroatoms. The normalized spacial score (nSPS) is 21.1. The maximum atomic E-state index is 9.31. The molecule has 18 heavy (non-hydrogen) atoms. The van der Waals surface area contributed by atoms with Gasteiger partial charge in [0.15, 0.2) is 0 Å². The molecule has 0 aromatic heterocycles. The van der Waals surface area contributed by atoms with Crippen LogP contribution in [-0.4, -0.2) is 36.2 Å². The largest absolute Gasteiger partial charge is 0.508 e. The van der Waals surface area contributed by atoms with Gasteiger partial charge in [-0.1, -0.05) is 18.6 Å². The molecule has 1 aromatic rings. The third kappa shape index (κ3) is 3.72. The molecule has 1 fully saturated rings. The van der Waals surface area contributed by atoms with Gasteiger partial charge in [0.1, 0.15) is 5.75 Å². The molecule has 0 aliphatic carbocycles. The molecule has 0 bridgehead atoms. The molecule has 3 nitrogen and oxygen atoms in total. The van der Waals surface area contributed by atoms with Crippen molar-refractivity contribution in [2.75, 3.05) is 20.1 Å². The molecule has 2 N–H and O–H groups in total. The molecular weight excluding hydrogens is 224 g/mol. The summed E-state index contributed by atoms with van der Waals surface area (Å²) in [7, 11) is 2.02. The van der Waals surface area contributed by atoms with E-state index in [4.69, 9.17) is 0 Å². The first-order valence-corrected chi connectivity index (χ1v) is 6.96. The number of rotatable bonds is 5. The summed E-state index contributed by atoms with van der Waals surface area (Å²) in [5, 5.41) is 12.6. The minimum atomic E-state index is 0.351. The standard InChI is InChI=1S/C15H24N2O/c1-16-10-9-14-4-2-3-11-17(14)12-13-5-7-15(18)8-6-13/h5-8,14,16,18H,2-4,9-12H2,1H3. The number of nitrogens with zero attached hydrogens (tertiary/aromatic N) is 1. The lowest BCUT2D eigenvalue weighted by Gasteiger charge is -2.36. The van der Waals surface area contributed by atoms with Crippen molar-refractivity contribution >= 4 is 0 Å². The minimum Gasteiger partial charge on any atom is -0.508 e. The molecule has 2 rings (SSSR count). The van der Waals surface area contributed by atoms with E-state index < -0.39 is 0 Å². The summed E-state index contributed by atoms with van der Waals surface area (Å²) >= 11 is 0. The number of aromatic hydroxyl groups is 1.